The third-order valence-electron chi connectivity index (χ3n) is 4.57. The Kier molecular flexibility index (Phi) is 3.99. The van der Waals surface area contributed by atoms with Gasteiger partial charge in [0.25, 0.3) is 5.91 Å². The van der Waals surface area contributed by atoms with Gasteiger partial charge in [-0.2, -0.15) is 0 Å². The number of rotatable bonds is 5. The molecule has 0 aliphatic carbocycles. The van der Waals surface area contributed by atoms with Crippen LogP contribution in [0.5, 0.6) is 0 Å². The second-order valence-electron chi connectivity index (χ2n) is 5.88. The van der Waals surface area contributed by atoms with Gasteiger partial charge in [0.1, 0.15) is 6.61 Å². The Bertz CT molecular complexity index is 641. The maximum absolute atomic E-state index is 12.7. The molecule has 3 heteroatoms. The van der Waals surface area contributed by atoms with Crippen molar-refractivity contribution in [2.45, 2.75) is 38.3 Å². The molecule has 0 spiro atoms. The number of hydroxylamine groups is 2. The summed E-state index contributed by atoms with van der Waals surface area (Å²) in [5.74, 6) is 0.0430. The van der Waals surface area contributed by atoms with E-state index >= 15 is 0 Å². The average Bonchev–Trinajstić information content (AvgIpc) is 2.59. The van der Waals surface area contributed by atoms with Gasteiger partial charge in [-0.25, -0.2) is 5.06 Å². The quantitative estimate of drug-likeness (QED) is 0.787. The second-order valence-corrected chi connectivity index (χ2v) is 5.88. The van der Waals surface area contributed by atoms with E-state index in [1.54, 1.807) is 5.06 Å². The van der Waals surface area contributed by atoms with Gasteiger partial charge in [-0.15, -0.1) is 0 Å². The van der Waals surface area contributed by atoms with Crippen molar-refractivity contribution in [3.8, 4) is 0 Å². The van der Waals surface area contributed by atoms with E-state index in [-0.39, 0.29) is 11.9 Å². The van der Waals surface area contributed by atoms with Crippen LogP contribution in [0.4, 0.5) is 0 Å². The van der Waals surface area contributed by atoms with E-state index in [0.29, 0.717) is 6.61 Å². The van der Waals surface area contributed by atoms with Gasteiger partial charge in [-0.3, -0.25) is 9.63 Å². The molecule has 1 fully saturated rings. The number of hydrogen-bond acceptors (Lipinski definition) is 2. The summed E-state index contributed by atoms with van der Waals surface area (Å²) in [6, 6.07) is 20.0. The van der Waals surface area contributed by atoms with Crippen LogP contribution in [0, 0.1) is 0 Å². The van der Waals surface area contributed by atoms with E-state index in [9.17, 15) is 4.79 Å². The Labute approximate surface area is 131 Å². The van der Waals surface area contributed by atoms with E-state index in [4.69, 9.17) is 4.84 Å². The Balaban J connectivity index is 1.74. The first kappa shape index (κ1) is 14.8. The van der Waals surface area contributed by atoms with Crippen molar-refractivity contribution in [1.29, 1.82) is 0 Å². The first-order valence-corrected chi connectivity index (χ1v) is 7.74. The summed E-state index contributed by atoms with van der Waals surface area (Å²) in [6.45, 7) is 4.53. The van der Waals surface area contributed by atoms with Crippen LogP contribution in [-0.2, 0) is 21.7 Å². The highest BCUT2D eigenvalue weighted by atomic mass is 16.7. The Morgan fingerprint density at radius 3 is 2.23 bits per heavy atom. The zero-order valence-corrected chi connectivity index (χ0v) is 13.0. The van der Waals surface area contributed by atoms with Crippen molar-refractivity contribution in [3.05, 3.63) is 71.8 Å². The molecule has 0 N–H and O–H groups in total. The lowest BCUT2D eigenvalue weighted by molar-refractivity contribution is -0.253. The number of benzene rings is 2. The van der Waals surface area contributed by atoms with Gasteiger partial charge in [0, 0.05) is 0 Å². The van der Waals surface area contributed by atoms with Crippen LogP contribution in [0.25, 0.3) is 0 Å². The largest absolute Gasteiger partial charge is 0.271 e. The van der Waals surface area contributed by atoms with Gasteiger partial charge < -0.3 is 0 Å². The predicted octanol–water partition coefficient (Wildman–Crippen LogP) is 3.70. The highest BCUT2D eigenvalue weighted by molar-refractivity contribution is 5.94. The standard InChI is InChI=1S/C19H21NO2/c1-3-17-19(2,16-12-8-5-9-13-16)18(21)20(17)22-14-15-10-6-4-7-11-15/h4-13,17H,3,14H2,1-2H3. The van der Waals surface area contributed by atoms with E-state index in [2.05, 4.69) is 6.92 Å². The molecule has 0 bridgehead atoms. The van der Waals surface area contributed by atoms with Crippen LogP contribution in [0.15, 0.2) is 60.7 Å². The average molecular weight is 295 g/mol. The zero-order chi connectivity index (χ0) is 15.6. The minimum absolute atomic E-state index is 0.0430. The van der Waals surface area contributed by atoms with Crippen LogP contribution < -0.4 is 0 Å². The van der Waals surface area contributed by atoms with Gasteiger partial charge in [0.05, 0.1) is 11.5 Å². The van der Waals surface area contributed by atoms with Crippen LogP contribution >= 0.6 is 0 Å². The van der Waals surface area contributed by atoms with Crippen LogP contribution in [0.1, 0.15) is 31.4 Å². The first-order valence-electron chi connectivity index (χ1n) is 7.74. The maximum atomic E-state index is 12.7. The molecule has 1 aliphatic rings. The molecular formula is C19H21NO2. The van der Waals surface area contributed by atoms with Gasteiger partial charge in [0.15, 0.2) is 0 Å². The summed E-state index contributed by atoms with van der Waals surface area (Å²) < 4.78 is 0. The first-order chi connectivity index (χ1) is 10.7. The summed E-state index contributed by atoms with van der Waals surface area (Å²) in [5, 5.41) is 1.56. The Hall–Kier alpha value is -2.13. The third kappa shape index (κ3) is 2.32. The summed E-state index contributed by atoms with van der Waals surface area (Å²) in [5.41, 5.74) is 1.65. The van der Waals surface area contributed by atoms with Crippen LogP contribution in [0.3, 0.4) is 0 Å². The third-order valence-corrected chi connectivity index (χ3v) is 4.57. The molecule has 114 valence electrons. The molecule has 2 atom stereocenters. The van der Waals surface area contributed by atoms with E-state index in [1.165, 1.54) is 0 Å². The molecule has 1 amide bonds. The monoisotopic (exact) mass is 295 g/mol. The molecule has 2 aromatic rings. The lowest BCUT2D eigenvalue weighted by Gasteiger charge is -2.53. The maximum Gasteiger partial charge on any atom is 0.259 e. The molecule has 1 heterocycles. The SMILES string of the molecule is CCC1N(OCc2ccccc2)C(=O)C1(C)c1ccccc1. The number of β-lactam (4-membered cyclic amide) rings is 1. The lowest BCUT2D eigenvalue weighted by Crippen LogP contribution is -2.69. The lowest BCUT2D eigenvalue weighted by atomic mass is 9.68. The van der Waals surface area contributed by atoms with E-state index in [1.807, 2.05) is 67.6 Å². The summed E-state index contributed by atoms with van der Waals surface area (Å²) in [6.07, 6.45) is 0.867. The molecule has 1 saturated heterocycles. The van der Waals surface area contributed by atoms with Crippen molar-refractivity contribution >= 4 is 5.91 Å². The zero-order valence-electron chi connectivity index (χ0n) is 13.0. The van der Waals surface area contributed by atoms with Gasteiger partial charge in [-0.1, -0.05) is 67.6 Å². The Morgan fingerprint density at radius 2 is 1.64 bits per heavy atom. The molecule has 22 heavy (non-hydrogen) atoms. The van der Waals surface area contributed by atoms with Crippen molar-refractivity contribution in [2.75, 3.05) is 0 Å². The normalized spacial score (nSPS) is 24.2. The van der Waals surface area contributed by atoms with Crippen molar-refractivity contribution in [2.24, 2.45) is 0 Å². The predicted molar refractivity (Wildman–Crippen MR) is 86.0 cm³/mol. The van der Waals surface area contributed by atoms with Crippen LogP contribution in [-0.4, -0.2) is 17.0 Å². The number of carbonyl (C=O) groups is 1. The molecule has 3 rings (SSSR count). The van der Waals surface area contributed by atoms with Crippen molar-refractivity contribution in [1.82, 2.24) is 5.06 Å². The van der Waals surface area contributed by atoms with Gasteiger partial charge >= 0.3 is 0 Å². The fraction of sp³-hybridized carbons (Fsp3) is 0.316. The van der Waals surface area contributed by atoms with Gasteiger partial charge in [0.2, 0.25) is 0 Å². The molecule has 0 saturated carbocycles. The minimum Gasteiger partial charge on any atom is -0.271 e. The van der Waals surface area contributed by atoms with Crippen molar-refractivity contribution in [3.63, 3.8) is 0 Å². The van der Waals surface area contributed by atoms with Crippen LogP contribution in [0.2, 0.25) is 0 Å². The number of carbonyl (C=O) groups excluding carboxylic acids is 1. The molecule has 1 aliphatic heterocycles. The number of nitrogens with zero attached hydrogens (tertiary/aromatic N) is 1. The fourth-order valence-electron chi connectivity index (χ4n) is 3.22. The molecule has 0 aromatic heterocycles. The number of amides is 1. The highest BCUT2D eigenvalue weighted by Gasteiger charge is 2.58. The smallest absolute Gasteiger partial charge is 0.259 e. The van der Waals surface area contributed by atoms with E-state index < -0.39 is 5.41 Å². The highest BCUT2D eigenvalue weighted by Crippen LogP contribution is 2.43. The second kappa shape index (κ2) is 5.93. The molecule has 0 radical (unpaired) electrons. The molecule has 2 unspecified atom stereocenters. The summed E-state index contributed by atoms with van der Waals surface area (Å²) >= 11 is 0. The molecule has 3 nitrogen and oxygen atoms in total. The Morgan fingerprint density at radius 1 is 1.05 bits per heavy atom. The summed E-state index contributed by atoms with van der Waals surface area (Å²) in [7, 11) is 0. The molecular weight excluding hydrogens is 274 g/mol. The topological polar surface area (TPSA) is 29.5 Å². The minimum atomic E-state index is -0.479. The van der Waals surface area contributed by atoms with E-state index in [0.717, 1.165) is 17.5 Å². The van der Waals surface area contributed by atoms with Crippen molar-refractivity contribution < 1.29 is 9.63 Å². The fourth-order valence-corrected chi connectivity index (χ4v) is 3.22. The number of hydrogen-bond donors (Lipinski definition) is 0. The molecule has 2 aromatic carbocycles. The summed E-state index contributed by atoms with van der Waals surface area (Å²) in [4.78, 5) is 18.5. The van der Waals surface area contributed by atoms with Gasteiger partial charge in [-0.05, 0) is 24.5 Å².